The summed E-state index contributed by atoms with van der Waals surface area (Å²) in [4.78, 5) is 16.6. The van der Waals surface area contributed by atoms with Crippen LogP contribution >= 0.6 is 0 Å². The molecule has 5 heteroatoms. The molecule has 1 heterocycles. The van der Waals surface area contributed by atoms with Gasteiger partial charge in [-0.05, 0) is 62.1 Å². The second-order valence-corrected chi connectivity index (χ2v) is 7.14. The van der Waals surface area contributed by atoms with Gasteiger partial charge in [0.1, 0.15) is 11.6 Å². The van der Waals surface area contributed by atoms with Gasteiger partial charge < -0.3 is 14.6 Å². The van der Waals surface area contributed by atoms with E-state index in [1.54, 1.807) is 0 Å². The maximum absolute atomic E-state index is 11.8. The summed E-state index contributed by atoms with van der Waals surface area (Å²) in [5, 5.41) is 2.98. The average Bonchev–Trinajstić information content (AvgIpc) is 3.04. The number of aryl methyl sites for hydroxylation is 3. The first-order valence-electron chi connectivity index (χ1n) is 9.99. The lowest BCUT2D eigenvalue weighted by atomic mass is 10.1. The zero-order chi connectivity index (χ0) is 19.9. The van der Waals surface area contributed by atoms with Crippen LogP contribution in [0.2, 0.25) is 0 Å². The van der Waals surface area contributed by atoms with Gasteiger partial charge in [-0.15, -0.1) is 0 Å². The highest BCUT2D eigenvalue weighted by atomic mass is 16.5. The number of nitrogens with zero attached hydrogens (tertiary/aromatic N) is 2. The summed E-state index contributed by atoms with van der Waals surface area (Å²) in [6.07, 6.45) is 2.26. The molecule has 3 aromatic rings. The van der Waals surface area contributed by atoms with Crippen LogP contribution in [0.4, 0.5) is 0 Å². The molecule has 0 saturated carbocycles. The van der Waals surface area contributed by atoms with Crippen molar-refractivity contribution in [3.63, 3.8) is 0 Å². The third-order valence-corrected chi connectivity index (χ3v) is 4.93. The van der Waals surface area contributed by atoms with E-state index in [-0.39, 0.29) is 5.91 Å². The first-order valence-corrected chi connectivity index (χ1v) is 9.99. The minimum atomic E-state index is 0.0687. The number of carbonyl (C=O) groups excluding carboxylic acids is 1. The number of rotatable bonds is 9. The Kier molecular flexibility index (Phi) is 6.69. The molecule has 1 N–H and O–H groups in total. The van der Waals surface area contributed by atoms with Crippen LogP contribution in [0.5, 0.6) is 5.75 Å². The van der Waals surface area contributed by atoms with Crippen LogP contribution in [0.25, 0.3) is 11.0 Å². The Bertz CT molecular complexity index is 946. The average molecular weight is 380 g/mol. The van der Waals surface area contributed by atoms with E-state index in [2.05, 4.69) is 41.9 Å². The molecule has 0 aliphatic carbocycles. The van der Waals surface area contributed by atoms with Crippen LogP contribution in [0, 0.1) is 13.8 Å². The second kappa shape index (κ2) is 9.40. The molecule has 2 aromatic carbocycles. The van der Waals surface area contributed by atoms with Crippen molar-refractivity contribution < 1.29 is 9.53 Å². The number of para-hydroxylation sites is 2. The third kappa shape index (κ3) is 4.91. The van der Waals surface area contributed by atoms with E-state index in [1.165, 1.54) is 11.1 Å². The molecule has 148 valence electrons. The lowest BCUT2D eigenvalue weighted by Gasteiger charge is -2.12. The molecule has 1 aromatic heterocycles. The lowest BCUT2D eigenvalue weighted by Crippen LogP contribution is -2.24. The Morgan fingerprint density at radius 2 is 1.96 bits per heavy atom. The number of ether oxygens (including phenoxy) is 1. The van der Waals surface area contributed by atoms with Crippen molar-refractivity contribution in [2.45, 2.75) is 53.1 Å². The quantitative estimate of drug-likeness (QED) is 0.555. The minimum Gasteiger partial charge on any atom is -0.494 e. The number of fused-ring (bicyclic) bond motifs is 1. The van der Waals surface area contributed by atoms with Gasteiger partial charge in [0, 0.05) is 13.0 Å². The van der Waals surface area contributed by atoms with Gasteiger partial charge in [-0.25, -0.2) is 4.98 Å². The van der Waals surface area contributed by atoms with Gasteiger partial charge in [-0.1, -0.05) is 25.1 Å². The van der Waals surface area contributed by atoms with E-state index in [9.17, 15) is 4.79 Å². The van der Waals surface area contributed by atoms with E-state index < -0.39 is 0 Å². The summed E-state index contributed by atoms with van der Waals surface area (Å²) in [6, 6.07) is 14.3. The first-order chi connectivity index (χ1) is 13.6. The molecule has 3 rings (SSSR count). The molecule has 28 heavy (non-hydrogen) atoms. The highest BCUT2D eigenvalue weighted by Gasteiger charge is 2.11. The molecule has 1 amide bonds. The van der Waals surface area contributed by atoms with Crippen molar-refractivity contribution in [3.8, 4) is 5.75 Å². The topological polar surface area (TPSA) is 56.2 Å². The molecule has 5 nitrogen and oxygen atoms in total. The Balaban J connectivity index is 1.64. The van der Waals surface area contributed by atoms with Crippen molar-refractivity contribution in [3.05, 3.63) is 59.4 Å². The molecule has 0 spiro atoms. The van der Waals surface area contributed by atoms with Crippen LogP contribution in [-0.4, -0.2) is 22.1 Å². The fourth-order valence-corrected chi connectivity index (χ4v) is 3.22. The molecule has 0 saturated heterocycles. The molecule has 0 bridgehead atoms. The highest BCUT2D eigenvalue weighted by molar-refractivity contribution is 5.77. The largest absolute Gasteiger partial charge is 0.494 e. The van der Waals surface area contributed by atoms with Gasteiger partial charge in [0.2, 0.25) is 5.91 Å². The zero-order valence-electron chi connectivity index (χ0n) is 17.0. The number of imidazole rings is 1. The molecular formula is C23H29N3O2. The summed E-state index contributed by atoms with van der Waals surface area (Å²) >= 11 is 0. The predicted octanol–water partition coefficient (Wildman–Crippen LogP) is 4.54. The van der Waals surface area contributed by atoms with Gasteiger partial charge in [0.05, 0.1) is 24.2 Å². The number of hydrogen-bond donors (Lipinski definition) is 1. The minimum absolute atomic E-state index is 0.0687. The van der Waals surface area contributed by atoms with Crippen LogP contribution in [-0.2, 0) is 17.9 Å². The third-order valence-electron chi connectivity index (χ3n) is 4.93. The maximum Gasteiger partial charge on any atom is 0.220 e. The monoisotopic (exact) mass is 379 g/mol. The molecule has 0 atom stereocenters. The number of hydrogen-bond acceptors (Lipinski definition) is 3. The standard InChI is InChI=1S/C23H29N3O2/c1-4-8-23(27)24-16-22-25-20-9-5-6-10-21(20)26(22)13-7-14-28-19-12-11-17(2)18(3)15-19/h5-6,9-12,15H,4,7-8,13-14,16H2,1-3H3,(H,24,27). The molecule has 0 fully saturated rings. The molecule has 0 radical (unpaired) electrons. The maximum atomic E-state index is 11.8. The van der Waals surface area contributed by atoms with Crippen molar-refractivity contribution >= 4 is 16.9 Å². The smallest absolute Gasteiger partial charge is 0.220 e. The van der Waals surface area contributed by atoms with Crippen molar-refractivity contribution in [2.24, 2.45) is 0 Å². The molecular weight excluding hydrogens is 350 g/mol. The molecule has 0 aliphatic rings. The van der Waals surface area contributed by atoms with Gasteiger partial charge >= 0.3 is 0 Å². The SMILES string of the molecule is CCCC(=O)NCc1nc2ccccc2n1CCCOc1ccc(C)c(C)c1. The molecule has 0 aliphatic heterocycles. The number of benzene rings is 2. The summed E-state index contributed by atoms with van der Waals surface area (Å²) < 4.78 is 8.10. The predicted molar refractivity (Wildman–Crippen MR) is 113 cm³/mol. The first kappa shape index (κ1) is 19.9. The van der Waals surface area contributed by atoms with Crippen LogP contribution in [0.15, 0.2) is 42.5 Å². The Morgan fingerprint density at radius 3 is 2.75 bits per heavy atom. The Morgan fingerprint density at radius 1 is 1.14 bits per heavy atom. The van der Waals surface area contributed by atoms with E-state index >= 15 is 0 Å². The van der Waals surface area contributed by atoms with E-state index in [0.29, 0.717) is 19.6 Å². The van der Waals surface area contributed by atoms with Crippen molar-refractivity contribution in [1.82, 2.24) is 14.9 Å². The van der Waals surface area contributed by atoms with Crippen molar-refractivity contribution in [2.75, 3.05) is 6.61 Å². The highest BCUT2D eigenvalue weighted by Crippen LogP contribution is 2.18. The van der Waals surface area contributed by atoms with Gasteiger partial charge in [-0.2, -0.15) is 0 Å². The summed E-state index contributed by atoms with van der Waals surface area (Å²) in [7, 11) is 0. The van der Waals surface area contributed by atoms with E-state index in [1.807, 2.05) is 31.2 Å². The second-order valence-electron chi connectivity index (χ2n) is 7.14. The fourth-order valence-electron chi connectivity index (χ4n) is 3.22. The van der Waals surface area contributed by atoms with Crippen LogP contribution in [0.1, 0.15) is 43.1 Å². The number of amides is 1. The van der Waals surface area contributed by atoms with Crippen LogP contribution in [0.3, 0.4) is 0 Å². The lowest BCUT2D eigenvalue weighted by molar-refractivity contribution is -0.121. The summed E-state index contributed by atoms with van der Waals surface area (Å²) in [5.74, 6) is 1.86. The van der Waals surface area contributed by atoms with Gasteiger partial charge in [-0.3, -0.25) is 4.79 Å². The zero-order valence-corrected chi connectivity index (χ0v) is 17.0. The van der Waals surface area contributed by atoms with Gasteiger partial charge in [0.25, 0.3) is 0 Å². The molecule has 0 unspecified atom stereocenters. The Hall–Kier alpha value is -2.82. The van der Waals surface area contributed by atoms with Crippen LogP contribution < -0.4 is 10.1 Å². The fraction of sp³-hybridized carbons (Fsp3) is 0.391. The number of carbonyl (C=O) groups is 1. The summed E-state index contributed by atoms with van der Waals surface area (Å²) in [5.41, 5.74) is 4.56. The van der Waals surface area contributed by atoms with E-state index in [4.69, 9.17) is 9.72 Å². The van der Waals surface area contributed by atoms with E-state index in [0.717, 1.165) is 42.0 Å². The number of nitrogens with one attached hydrogen (secondary N) is 1. The Labute approximate surface area is 166 Å². The number of aromatic nitrogens is 2. The normalized spacial score (nSPS) is 11.0. The van der Waals surface area contributed by atoms with Gasteiger partial charge in [0.15, 0.2) is 0 Å². The van der Waals surface area contributed by atoms with Crippen molar-refractivity contribution in [1.29, 1.82) is 0 Å². The summed E-state index contributed by atoms with van der Waals surface area (Å²) in [6.45, 7) is 8.08.